The Hall–Kier alpha value is -2.07. The van der Waals surface area contributed by atoms with Crippen molar-refractivity contribution in [3.63, 3.8) is 0 Å². The maximum atomic E-state index is 4.68. The summed E-state index contributed by atoms with van der Waals surface area (Å²) in [5, 5.41) is 4.15. The molecule has 118 valence electrons. The molecule has 0 atom stereocenters. The first-order chi connectivity index (χ1) is 11.2. The molecule has 0 fully saturated rings. The van der Waals surface area contributed by atoms with Crippen LogP contribution in [0.2, 0.25) is 0 Å². The Bertz CT molecular complexity index is 853. The Balaban J connectivity index is 1.73. The number of nitrogens with zero attached hydrogens (tertiary/aromatic N) is 2. The summed E-state index contributed by atoms with van der Waals surface area (Å²) in [6, 6.07) is 13.3. The fourth-order valence-corrected chi connectivity index (χ4v) is 4.21. The first-order valence-electron chi connectivity index (χ1n) is 8.15. The summed E-state index contributed by atoms with van der Waals surface area (Å²) in [6.07, 6.45) is 2.39. The molecule has 0 bridgehead atoms. The zero-order valence-electron chi connectivity index (χ0n) is 13.6. The highest BCUT2D eigenvalue weighted by molar-refractivity contribution is 7.22. The molecule has 1 aliphatic heterocycles. The van der Waals surface area contributed by atoms with E-state index in [-0.39, 0.29) is 0 Å². The van der Waals surface area contributed by atoms with Crippen LogP contribution in [0.15, 0.2) is 36.4 Å². The number of aryl methyl sites for hydroxylation is 2. The van der Waals surface area contributed by atoms with Gasteiger partial charge in [0.2, 0.25) is 0 Å². The summed E-state index contributed by atoms with van der Waals surface area (Å²) in [6.45, 7) is 4.30. The molecule has 0 spiro atoms. The Morgan fingerprint density at radius 1 is 1.26 bits per heavy atom. The molecule has 0 saturated carbocycles. The summed E-state index contributed by atoms with van der Waals surface area (Å²) < 4.78 is 1.28. The van der Waals surface area contributed by atoms with Crippen LogP contribution in [0.3, 0.4) is 0 Å². The fraction of sp³-hybridized carbons (Fsp3) is 0.316. The summed E-state index contributed by atoms with van der Waals surface area (Å²) in [5.41, 5.74) is 6.71. The zero-order chi connectivity index (χ0) is 15.8. The van der Waals surface area contributed by atoms with E-state index in [1.165, 1.54) is 39.9 Å². The molecule has 1 N–H and O–H groups in total. The van der Waals surface area contributed by atoms with Crippen molar-refractivity contribution in [3.8, 4) is 0 Å². The summed E-state index contributed by atoms with van der Waals surface area (Å²) >= 11 is 1.74. The van der Waals surface area contributed by atoms with Gasteiger partial charge in [-0.05, 0) is 48.6 Å². The van der Waals surface area contributed by atoms with Gasteiger partial charge in [0.25, 0.3) is 0 Å². The predicted molar refractivity (Wildman–Crippen MR) is 99.7 cm³/mol. The SMILES string of the molecule is CNc1nc2cc3c(cc2s1)CCCN3Cc1ccccc1C. The Labute approximate surface area is 141 Å². The zero-order valence-corrected chi connectivity index (χ0v) is 14.4. The van der Waals surface area contributed by atoms with Gasteiger partial charge in [0.05, 0.1) is 10.2 Å². The van der Waals surface area contributed by atoms with Gasteiger partial charge < -0.3 is 10.2 Å². The van der Waals surface area contributed by atoms with Gasteiger partial charge in [-0.1, -0.05) is 35.6 Å². The van der Waals surface area contributed by atoms with Crippen molar-refractivity contribution < 1.29 is 0 Å². The predicted octanol–water partition coefficient (Wildman–Crippen LogP) is 4.60. The molecule has 0 radical (unpaired) electrons. The molecule has 3 nitrogen and oxygen atoms in total. The molecule has 2 aromatic carbocycles. The molecule has 2 heterocycles. The molecule has 0 amide bonds. The quantitative estimate of drug-likeness (QED) is 0.763. The topological polar surface area (TPSA) is 28.2 Å². The van der Waals surface area contributed by atoms with Crippen LogP contribution in [0.4, 0.5) is 10.8 Å². The van der Waals surface area contributed by atoms with Crippen molar-refractivity contribution >= 4 is 32.4 Å². The molecule has 0 aliphatic carbocycles. The van der Waals surface area contributed by atoms with Crippen LogP contribution in [0.1, 0.15) is 23.1 Å². The lowest BCUT2D eigenvalue weighted by atomic mass is 10.00. The summed E-state index contributed by atoms with van der Waals surface area (Å²) in [5.74, 6) is 0. The van der Waals surface area contributed by atoms with E-state index in [1.807, 2.05) is 7.05 Å². The maximum absolute atomic E-state index is 4.68. The van der Waals surface area contributed by atoms with E-state index in [9.17, 15) is 0 Å². The van der Waals surface area contributed by atoms with Crippen molar-refractivity contribution in [2.45, 2.75) is 26.3 Å². The van der Waals surface area contributed by atoms with Gasteiger partial charge in [-0.2, -0.15) is 0 Å². The average Bonchev–Trinajstić information content (AvgIpc) is 2.97. The van der Waals surface area contributed by atoms with E-state index in [4.69, 9.17) is 0 Å². The average molecular weight is 323 g/mol. The van der Waals surface area contributed by atoms with Crippen LogP contribution in [-0.4, -0.2) is 18.6 Å². The number of rotatable bonds is 3. The van der Waals surface area contributed by atoms with Crippen molar-refractivity contribution in [1.82, 2.24) is 4.98 Å². The third-order valence-corrected chi connectivity index (χ3v) is 5.68. The highest BCUT2D eigenvalue weighted by Crippen LogP contribution is 2.36. The second-order valence-electron chi connectivity index (χ2n) is 6.17. The molecule has 1 aliphatic rings. The Morgan fingerprint density at radius 2 is 2.13 bits per heavy atom. The lowest BCUT2D eigenvalue weighted by Crippen LogP contribution is -2.29. The lowest BCUT2D eigenvalue weighted by Gasteiger charge is -2.32. The Kier molecular flexibility index (Phi) is 3.69. The molecule has 0 saturated heterocycles. The van der Waals surface area contributed by atoms with E-state index in [0.29, 0.717) is 0 Å². The van der Waals surface area contributed by atoms with Crippen molar-refractivity contribution in [2.24, 2.45) is 0 Å². The minimum Gasteiger partial charge on any atom is -0.367 e. The van der Waals surface area contributed by atoms with E-state index in [2.05, 4.69) is 58.5 Å². The lowest BCUT2D eigenvalue weighted by molar-refractivity contribution is 0.691. The molecule has 4 rings (SSSR count). The first-order valence-corrected chi connectivity index (χ1v) is 8.97. The number of fused-ring (bicyclic) bond motifs is 2. The Morgan fingerprint density at radius 3 is 2.96 bits per heavy atom. The fourth-order valence-electron chi connectivity index (χ4n) is 3.34. The first kappa shape index (κ1) is 14.5. The van der Waals surface area contributed by atoms with Gasteiger partial charge in [-0.15, -0.1) is 0 Å². The normalized spacial score (nSPS) is 14.1. The van der Waals surface area contributed by atoms with Gasteiger partial charge in [0.1, 0.15) is 0 Å². The van der Waals surface area contributed by atoms with Crippen LogP contribution in [0.5, 0.6) is 0 Å². The number of benzene rings is 2. The van der Waals surface area contributed by atoms with Crippen molar-refractivity contribution in [2.75, 3.05) is 23.8 Å². The summed E-state index contributed by atoms with van der Waals surface area (Å²) in [4.78, 5) is 7.19. The van der Waals surface area contributed by atoms with Gasteiger partial charge in [0, 0.05) is 25.8 Å². The number of hydrogen-bond donors (Lipinski definition) is 1. The smallest absolute Gasteiger partial charge is 0.183 e. The third-order valence-electron chi connectivity index (χ3n) is 4.64. The van der Waals surface area contributed by atoms with Gasteiger partial charge in [-0.25, -0.2) is 4.98 Å². The maximum Gasteiger partial charge on any atom is 0.183 e. The van der Waals surface area contributed by atoms with E-state index < -0.39 is 0 Å². The molecule has 23 heavy (non-hydrogen) atoms. The molecule has 0 unspecified atom stereocenters. The van der Waals surface area contributed by atoms with Gasteiger partial charge >= 0.3 is 0 Å². The van der Waals surface area contributed by atoms with Crippen LogP contribution >= 0.6 is 11.3 Å². The number of aromatic nitrogens is 1. The van der Waals surface area contributed by atoms with E-state index in [1.54, 1.807) is 11.3 Å². The highest BCUT2D eigenvalue weighted by Gasteiger charge is 2.19. The molecular weight excluding hydrogens is 302 g/mol. The molecule has 4 heteroatoms. The molecular formula is C19H21N3S. The van der Waals surface area contributed by atoms with Crippen molar-refractivity contribution in [1.29, 1.82) is 0 Å². The molecule has 3 aromatic rings. The van der Waals surface area contributed by atoms with Crippen LogP contribution in [0, 0.1) is 6.92 Å². The summed E-state index contributed by atoms with van der Waals surface area (Å²) in [7, 11) is 1.93. The third kappa shape index (κ3) is 2.68. The number of nitrogens with one attached hydrogen (secondary N) is 1. The van der Waals surface area contributed by atoms with Gasteiger partial charge in [-0.3, -0.25) is 0 Å². The number of anilines is 2. The van der Waals surface area contributed by atoms with E-state index in [0.717, 1.165) is 23.7 Å². The molecule has 1 aromatic heterocycles. The number of hydrogen-bond acceptors (Lipinski definition) is 4. The number of thiazole rings is 1. The minimum absolute atomic E-state index is 0.980. The van der Waals surface area contributed by atoms with Crippen LogP contribution in [0.25, 0.3) is 10.2 Å². The second-order valence-corrected chi connectivity index (χ2v) is 7.20. The van der Waals surface area contributed by atoms with Crippen LogP contribution in [-0.2, 0) is 13.0 Å². The van der Waals surface area contributed by atoms with Gasteiger partial charge in [0.15, 0.2) is 5.13 Å². The second kappa shape index (κ2) is 5.85. The van der Waals surface area contributed by atoms with E-state index >= 15 is 0 Å². The monoisotopic (exact) mass is 323 g/mol. The minimum atomic E-state index is 0.980. The highest BCUT2D eigenvalue weighted by atomic mass is 32.1. The van der Waals surface area contributed by atoms with Crippen LogP contribution < -0.4 is 10.2 Å². The standard InChI is InChI=1S/C19H21N3S/c1-13-6-3-4-7-15(13)12-22-9-5-8-14-10-18-16(11-17(14)22)21-19(20-2)23-18/h3-4,6-7,10-11H,5,8-9,12H2,1-2H3,(H,20,21). The largest absolute Gasteiger partial charge is 0.367 e. The van der Waals surface area contributed by atoms with Crippen molar-refractivity contribution in [3.05, 3.63) is 53.1 Å².